The van der Waals surface area contributed by atoms with Crippen LogP contribution < -0.4 is 10.4 Å². The number of phenols is 1. The Hall–Kier alpha value is -2.66. The van der Waals surface area contributed by atoms with E-state index in [1.54, 1.807) is 0 Å². The number of rotatable bonds is 11. The van der Waals surface area contributed by atoms with Gasteiger partial charge in [-0.3, -0.25) is 4.79 Å². The highest BCUT2D eigenvalue weighted by Crippen LogP contribution is 2.34. The average Bonchev–Trinajstić information content (AvgIpc) is 2.81. The molecule has 2 heterocycles. The summed E-state index contributed by atoms with van der Waals surface area (Å²) in [5.41, 5.74) is -0.453. The van der Waals surface area contributed by atoms with Crippen molar-refractivity contribution in [3.05, 3.63) is 34.7 Å². The molecule has 5 atom stereocenters. The van der Waals surface area contributed by atoms with Crippen molar-refractivity contribution in [2.45, 2.75) is 82.6 Å². The van der Waals surface area contributed by atoms with Gasteiger partial charge in [-0.15, -0.1) is 0 Å². The summed E-state index contributed by atoms with van der Waals surface area (Å²) in [5, 5.41) is 41.4. The number of hydrogen-bond acceptors (Lipinski definition) is 10. The summed E-state index contributed by atoms with van der Waals surface area (Å²) in [4.78, 5) is 23.4. The zero-order valence-corrected chi connectivity index (χ0v) is 19.1. The summed E-state index contributed by atoms with van der Waals surface area (Å²) >= 11 is 0. The van der Waals surface area contributed by atoms with E-state index < -0.39 is 42.3 Å². The highest BCUT2D eigenvalue weighted by atomic mass is 16.7. The Kier molecular flexibility index (Phi) is 9.28. The van der Waals surface area contributed by atoms with E-state index in [0.29, 0.717) is 11.8 Å². The van der Waals surface area contributed by atoms with Crippen LogP contribution in [0, 0.1) is 0 Å². The van der Waals surface area contributed by atoms with E-state index in [2.05, 4.69) is 6.92 Å². The predicted octanol–water partition coefficient (Wildman–Crippen LogP) is 1.98. The quantitative estimate of drug-likeness (QED) is 0.213. The van der Waals surface area contributed by atoms with Crippen LogP contribution in [0.3, 0.4) is 0 Å². The molecule has 0 radical (unpaired) electrons. The van der Waals surface area contributed by atoms with Gasteiger partial charge in [0.2, 0.25) is 6.29 Å². The number of benzene rings is 1. The van der Waals surface area contributed by atoms with E-state index in [9.17, 15) is 30.0 Å². The fourth-order valence-corrected chi connectivity index (χ4v) is 3.75. The van der Waals surface area contributed by atoms with Gasteiger partial charge in [0.05, 0.1) is 0 Å². The number of fused-ring (bicyclic) bond motifs is 1. The molecule has 0 bridgehead atoms. The van der Waals surface area contributed by atoms with Gasteiger partial charge in [-0.25, -0.2) is 4.79 Å². The molecule has 0 saturated carbocycles. The standard InChI is InChI=1S/C24H32O10/c1-2-3-4-5-6-7-8-19(26)31-13-18-21(28)22(29)23(30)24(34-18)33-17-11-14-9-10-20(27)32-16(14)12-15(17)25/h9-12,18,21-25,28-30H,2-8,13H2,1H3. The summed E-state index contributed by atoms with van der Waals surface area (Å²) in [6, 6.07) is 5.21. The van der Waals surface area contributed by atoms with Crippen LogP contribution in [0.15, 0.2) is 33.5 Å². The number of ether oxygens (including phenoxy) is 3. The maximum atomic E-state index is 12.0. The van der Waals surface area contributed by atoms with Crippen molar-refractivity contribution in [3.8, 4) is 11.5 Å². The number of aliphatic hydroxyl groups excluding tert-OH is 3. The Morgan fingerprint density at radius 2 is 1.74 bits per heavy atom. The third kappa shape index (κ3) is 6.69. The molecule has 1 aliphatic heterocycles. The van der Waals surface area contributed by atoms with E-state index in [1.165, 1.54) is 30.7 Å². The third-order valence-electron chi connectivity index (χ3n) is 5.76. The molecule has 188 valence electrons. The number of aromatic hydroxyl groups is 1. The first-order valence-corrected chi connectivity index (χ1v) is 11.6. The van der Waals surface area contributed by atoms with E-state index in [0.717, 1.165) is 25.7 Å². The van der Waals surface area contributed by atoms with Crippen LogP contribution in [-0.4, -0.2) is 63.7 Å². The minimum atomic E-state index is -1.64. The van der Waals surface area contributed by atoms with Gasteiger partial charge >= 0.3 is 11.6 Å². The van der Waals surface area contributed by atoms with E-state index >= 15 is 0 Å². The Bertz CT molecular complexity index is 1000. The molecule has 34 heavy (non-hydrogen) atoms. The molecule has 1 saturated heterocycles. The molecular weight excluding hydrogens is 448 g/mol. The van der Waals surface area contributed by atoms with Gasteiger partial charge in [0, 0.05) is 23.9 Å². The van der Waals surface area contributed by atoms with Crippen molar-refractivity contribution in [1.29, 1.82) is 0 Å². The maximum Gasteiger partial charge on any atom is 0.336 e. The largest absolute Gasteiger partial charge is 0.504 e. The van der Waals surface area contributed by atoms with Crippen molar-refractivity contribution < 1.29 is 43.8 Å². The fraction of sp³-hybridized carbons (Fsp3) is 0.583. The lowest BCUT2D eigenvalue weighted by Gasteiger charge is -2.39. The van der Waals surface area contributed by atoms with Crippen LogP contribution in [0.1, 0.15) is 51.9 Å². The minimum Gasteiger partial charge on any atom is -0.504 e. The molecule has 1 aliphatic rings. The van der Waals surface area contributed by atoms with Crippen LogP contribution in [-0.2, 0) is 14.3 Å². The number of unbranched alkanes of at least 4 members (excludes halogenated alkanes) is 5. The first kappa shape index (κ1) is 26.0. The Morgan fingerprint density at radius 1 is 1.00 bits per heavy atom. The van der Waals surface area contributed by atoms with Crippen LogP contribution in [0.25, 0.3) is 11.0 Å². The molecule has 10 heteroatoms. The third-order valence-corrected chi connectivity index (χ3v) is 5.76. The highest BCUT2D eigenvalue weighted by Gasteiger charge is 2.45. The molecule has 2 aromatic rings. The zero-order valence-electron chi connectivity index (χ0n) is 19.1. The second-order valence-electron chi connectivity index (χ2n) is 8.45. The number of hydrogen-bond donors (Lipinski definition) is 4. The summed E-state index contributed by atoms with van der Waals surface area (Å²) in [6.45, 7) is 1.80. The SMILES string of the molecule is CCCCCCCCC(=O)OCC1OC(Oc2cc3ccc(=O)oc3cc2O)C(O)C(O)C1O. The number of esters is 1. The van der Waals surface area contributed by atoms with Crippen molar-refractivity contribution in [3.63, 3.8) is 0 Å². The first-order valence-electron chi connectivity index (χ1n) is 11.6. The lowest BCUT2D eigenvalue weighted by atomic mass is 9.99. The average molecular weight is 481 g/mol. The lowest BCUT2D eigenvalue weighted by molar-refractivity contribution is -0.278. The predicted molar refractivity (Wildman–Crippen MR) is 120 cm³/mol. The summed E-state index contributed by atoms with van der Waals surface area (Å²) < 4.78 is 21.3. The monoisotopic (exact) mass is 480 g/mol. The summed E-state index contributed by atoms with van der Waals surface area (Å²) in [5.74, 6) is -0.939. The van der Waals surface area contributed by atoms with Crippen molar-refractivity contribution >= 4 is 16.9 Å². The molecule has 0 amide bonds. The van der Waals surface area contributed by atoms with Gasteiger partial charge in [0.25, 0.3) is 0 Å². The zero-order chi connectivity index (χ0) is 24.7. The molecule has 1 aromatic heterocycles. The minimum absolute atomic E-state index is 0.104. The van der Waals surface area contributed by atoms with Gasteiger partial charge in [-0.2, -0.15) is 0 Å². The summed E-state index contributed by atoms with van der Waals surface area (Å²) in [6.07, 6.45) is -1.05. The molecule has 10 nitrogen and oxygen atoms in total. The van der Waals surface area contributed by atoms with Gasteiger partial charge in [-0.05, 0) is 18.6 Å². The molecule has 4 N–H and O–H groups in total. The second-order valence-corrected chi connectivity index (χ2v) is 8.45. The molecule has 1 aromatic carbocycles. The fourth-order valence-electron chi connectivity index (χ4n) is 3.75. The van der Waals surface area contributed by atoms with Gasteiger partial charge in [0.1, 0.15) is 36.6 Å². The van der Waals surface area contributed by atoms with Crippen molar-refractivity contribution in [2.75, 3.05) is 6.61 Å². The van der Waals surface area contributed by atoms with Crippen LogP contribution in [0.2, 0.25) is 0 Å². The van der Waals surface area contributed by atoms with Gasteiger partial charge in [0.15, 0.2) is 11.5 Å². The van der Waals surface area contributed by atoms with E-state index in [-0.39, 0.29) is 30.1 Å². The molecule has 5 unspecified atom stereocenters. The Balaban J connectivity index is 1.58. The van der Waals surface area contributed by atoms with Crippen LogP contribution in [0.4, 0.5) is 0 Å². The molecular formula is C24H32O10. The molecule has 1 fully saturated rings. The summed E-state index contributed by atoms with van der Waals surface area (Å²) in [7, 11) is 0. The van der Waals surface area contributed by atoms with Crippen molar-refractivity contribution in [2.24, 2.45) is 0 Å². The Labute approximate surface area is 196 Å². The first-order chi connectivity index (χ1) is 16.3. The van der Waals surface area contributed by atoms with E-state index in [1.807, 2.05) is 0 Å². The topological polar surface area (TPSA) is 156 Å². The molecule has 0 aliphatic carbocycles. The molecule has 0 spiro atoms. The van der Waals surface area contributed by atoms with Gasteiger partial charge < -0.3 is 39.1 Å². The van der Waals surface area contributed by atoms with Crippen LogP contribution >= 0.6 is 0 Å². The maximum absolute atomic E-state index is 12.0. The highest BCUT2D eigenvalue weighted by molar-refractivity contribution is 5.80. The van der Waals surface area contributed by atoms with Gasteiger partial charge in [-0.1, -0.05) is 39.0 Å². The lowest BCUT2D eigenvalue weighted by Crippen LogP contribution is -2.60. The van der Waals surface area contributed by atoms with Crippen LogP contribution in [0.5, 0.6) is 11.5 Å². The number of aliphatic hydroxyl groups is 3. The normalized spacial score (nSPS) is 24.8. The number of phenolic OH excluding ortho intramolecular Hbond substituents is 1. The second kappa shape index (κ2) is 12.2. The van der Waals surface area contributed by atoms with E-state index in [4.69, 9.17) is 18.6 Å². The smallest absolute Gasteiger partial charge is 0.336 e. The van der Waals surface area contributed by atoms with Crippen molar-refractivity contribution in [1.82, 2.24) is 0 Å². The number of carbonyl (C=O) groups excluding carboxylic acids is 1. The Morgan fingerprint density at radius 3 is 2.50 bits per heavy atom. The molecule has 3 rings (SSSR count). The number of carbonyl (C=O) groups is 1.